The Kier molecular flexibility index (Phi) is 20.0. The van der Waals surface area contributed by atoms with Crippen molar-refractivity contribution < 1.29 is 34.0 Å². The van der Waals surface area contributed by atoms with Gasteiger partial charge in [0.05, 0.1) is 19.8 Å². The Morgan fingerprint density at radius 3 is 1.41 bits per heavy atom. The van der Waals surface area contributed by atoms with Gasteiger partial charge in [0.15, 0.2) is 11.5 Å². The van der Waals surface area contributed by atoms with Crippen molar-refractivity contribution in [2.45, 2.75) is 143 Å². The van der Waals surface area contributed by atoms with Crippen LogP contribution in [-0.2, 0) is 6.42 Å². The summed E-state index contributed by atoms with van der Waals surface area (Å²) in [4.78, 5) is 11.7. The first-order valence-corrected chi connectivity index (χ1v) is 15.7. The Morgan fingerprint density at radius 1 is 0.538 bits per heavy atom. The normalized spacial score (nSPS) is 11.0. The van der Waals surface area contributed by atoms with Crippen LogP contribution >= 0.6 is 0 Å². The van der Waals surface area contributed by atoms with E-state index < -0.39 is 6.16 Å². The van der Waals surface area contributed by atoms with Crippen molar-refractivity contribution in [2.75, 3.05) is 19.8 Å². The van der Waals surface area contributed by atoms with Gasteiger partial charge in [-0.1, -0.05) is 111 Å². The minimum atomic E-state index is -1.48. The van der Waals surface area contributed by atoms with E-state index in [1.807, 2.05) is 0 Å². The lowest BCUT2D eigenvalue weighted by Crippen LogP contribution is -2.12. The van der Waals surface area contributed by atoms with Crippen molar-refractivity contribution in [1.82, 2.24) is 0 Å². The molecule has 0 bridgehead atoms. The maximum Gasteiger partial charge on any atom is 0.511 e. The van der Waals surface area contributed by atoms with Crippen LogP contribution in [0.3, 0.4) is 0 Å². The zero-order valence-corrected chi connectivity index (χ0v) is 25.3. The fourth-order valence-corrected chi connectivity index (χ4v) is 4.55. The van der Waals surface area contributed by atoms with E-state index in [0.29, 0.717) is 43.3 Å². The fraction of sp³-hybridized carbons (Fsp3) is 0.781. The van der Waals surface area contributed by atoms with Gasteiger partial charge in [0.2, 0.25) is 17.2 Å². The summed E-state index contributed by atoms with van der Waals surface area (Å²) < 4.78 is 23.9. The molecule has 7 nitrogen and oxygen atoms in total. The first kappa shape index (κ1) is 34.7. The van der Waals surface area contributed by atoms with Gasteiger partial charge >= 0.3 is 6.16 Å². The van der Waals surface area contributed by atoms with E-state index in [1.165, 1.54) is 0 Å². The summed E-state index contributed by atoms with van der Waals surface area (Å²) >= 11 is 0. The van der Waals surface area contributed by atoms with Crippen LogP contribution in [0, 0.1) is 0 Å². The quantitative estimate of drug-likeness (QED) is 0.0708. The summed E-state index contributed by atoms with van der Waals surface area (Å²) in [5.41, 5.74) is 0.545. The minimum Gasteiger partial charge on any atom is -0.502 e. The molecule has 0 atom stereocenters. The highest BCUT2D eigenvalue weighted by Crippen LogP contribution is 2.54. The molecule has 0 fully saturated rings. The molecule has 0 radical (unpaired) electrons. The second-order valence-electron chi connectivity index (χ2n) is 10.4. The van der Waals surface area contributed by atoms with E-state index in [9.17, 15) is 15.0 Å². The third-order valence-electron chi connectivity index (χ3n) is 6.84. The Bertz CT molecular complexity index is 779. The predicted molar refractivity (Wildman–Crippen MR) is 158 cm³/mol. The molecule has 0 aliphatic heterocycles. The Hall–Kier alpha value is -2.31. The molecule has 7 heteroatoms. The largest absolute Gasteiger partial charge is 0.511 e. The molecule has 2 N–H and O–H groups in total. The number of carboxylic acid groups (broad SMARTS) is 1. The lowest BCUT2D eigenvalue weighted by Gasteiger charge is -2.23. The second kappa shape index (κ2) is 22.5. The van der Waals surface area contributed by atoms with E-state index >= 15 is 0 Å². The predicted octanol–water partition coefficient (Wildman–Crippen LogP) is 9.84. The smallest absolute Gasteiger partial charge is 0.502 e. The molecule has 39 heavy (non-hydrogen) atoms. The summed E-state index contributed by atoms with van der Waals surface area (Å²) in [6, 6.07) is 0. The van der Waals surface area contributed by atoms with Crippen LogP contribution in [0.15, 0.2) is 0 Å². The molecule has 0 aliphatic rings. The summed E-state index contributed by atoms with van der Waals surface area (Å²) in [5, 5.41) is 20.8. The van der Waals surface area contributed by atoms with Crippen molar-refractivity contribution >= 4 is 6.16 Å². The van der Waals surface area contributed by atoms with E-state index in [-0.39, 0.29) is 17.2 Å². The van der Waals surface area contributed by atoms with Gasteiger partial charge in [-0.25, -0.2) is 4.79 Å². The molecule has 1 aromatic carbocycles. The SMILES string of the molecule is CCCCCCCc1c(OC(=O)O)c(O)c(OCCCCCC)c(OCCCCCC)c1OCCCCCC. The van der Waals surface area contributed by atoms with Gasteiger partial charge < -0.3 is 29.2 Å². The molecule has 0 saturated heterocycles. The maximum atomic E-state index is 11.7. The minimum absolute atomic E-state index is 0.0940. The van der Waals surface area contributed by atoms with Gasteiger partial charge in [0.25, 0.3) is 0 Å². The molecule has 1 rings (SSSR count). The third kappa shape index (κ3) is 14.1. The molecule has 0 aliphatic carbocycles. The number of hydrogen-bond acceptors (Lipinski definition) is 6. The van der Waals surface area contributed by atoms with Crippen LogP contribution in [0.2, 0.25) is 0 Å². The van der Waals surface area contributed by atoms with Crippen LogP contribution in [0.1, 0.15) is 142 Å². The first-order chi connectivity index (χ1) is 19.0. The number of unbranched alkanes of at least 4 members (excludes halogenated alkanes) is 13. The highest BCUT2D eigenvalue weighted by molar-refractivity contribution is 5.73. The van der Waals surface area contributed by atoms with Crippen LogP contribution < -0.4 is 18.9 Å². The molecular formula is C32H56O7. The molecule has 0 saturated carbocycles. The Morgan fingerprint density at radius 2 is 0.949 bits per heavy atom. The molecular weight excluding hydrogens is 496 g/mol. The van der Waals surface area contributed by atoms with Crippen molar-refractivity contribution in [3.8, 4) is 28.7 Å². The number of aromatic hydroxyl groups is 1. The van der Waals surface area contributed by atoms with E-state index in [2.05, 4.69) is 27.7 Å². The highest BCUT2D eigenvalue weighted by atomic mass is 16.7. The monoisotopic (exact) mass is 552 g/mol. The molecule has 1 aromatic rings. The molecule has 226 valence electrons. The van der Waals surface area contributed by atoms with Gasteiger partial charge in [-0.2, -0.15) is 0 Å². The van der Waals surface area contributed by atoms with E-state index in [1.54, 1.807) is 0 Å². The fourth-order valence-electron chi connectivity index (χ4n) is 4.55. The lowest BCUT2D eigenvalue weighted by atomic mass is 10.0. The number of benzene rings is 1. The standard InChI is InChI=1S/C32H56O7/c1-5-9-13-17-18-22-26-28(39-32(34)35)27(33)30(37-24-20-15-11-7-3)31(38-25-21-16-12-8-4)29(26)36-23-19-14-10-6-2/h33H,5-25H2,1-4H3,(H,34,35). The summed E-state index contributed by atoms with van der Waals surface area (Å²) in [6.45, 7) is 9.99. The lowest BCUT2D eigenvalue weighted by molar-refractivity contribution is 0.141. The molecule has 0 heterocycles. The number of rotatable bonds is 25. The summed E-state index contributed by atoms with van der Waals surface area (Å²) in [7, 11) is 0. The number of ether oxygens (including phenoxy) is 4. The molecule has 0 spiro atoms. The number of carbonyl (C=O) groups is 1. The van der Waals surface area contributed by atoms with Gasteiger partial charge in [0.1, 0.15) is 0 Å². The number of phenols is 1. The van der Waals surface area contributed by atoms with Crippen LogP contribution in [-0.4, -0.2) is 36.2 Å². The number of hydrogen-bond donors (Lipinski definition) is 2. The van der Waals surface area contributed by atoms with Crippen LogP contribution in [0.4, 0.5) is 4.79 Å². The second-order valence-corrected chi connectivity index (χ2v) is 10.4. The van der Waals surface area contributed by atoms with Gasteiger partial charge in [0, 0.05) is 5.56 Å². The van der Waals surface area contributed by atoms with Gasteiger partial charge in [-0.3, -0.25) is 0 Å². The van der Waals surface area contributed by atoms with Crippen molar-refractivity contribution in [2.24, 2.45) is 0 Å². The first-order valence-electron chi connectivity index (χ1n) is 15.7. The zero-order valence-electron chi connectivity index (χ0n) is 25.3. The third-order valence-corrected chi connectivity index (χ3v) is 6.84. The molecule has 0 unspecified atom stereocenters. The van der Waals surface area contributed by atoms with E-state index in [0.717, 1.165) is 109 Å². The Balaban J connectivity index is 3.45. The average molecular weight is 553 g/mol. The number of phenolic OH excluding ortho intramolecular Hbond substituents is 1. The zero-order chi connectivity index (χ0) is 28.7. The van der Waals surface area contributed by atoms with Gasteiger partial charge in [-0.05, 0) is 32.1 Å². The Labute approximate surface area is 237 Å². The molecule has 0 amide bonds. The highest BCUT2D eigenvalue weighted by Gasteiger charge is 2.30. The van der Waals surface area contributed by atoms with E-state index in [4.69, 9.17) is 18.9 Å². The topological polar surface area (TPSA) is 94.5 Å². The van der Waals surface area contributed by atoms with Crippen molar-refractivity contribution in [3.05, 3.63) is 5.56 Å². The maximum absolute atomic E-state index is 11.7. The summed E-state index contributed by atoms with van der Waals surface area (Å²) in [5.74, 6) is 0.532. The van der Waals surface area contributed by atoms with Crippen LogP contribution in [0.5, 0.6) is 28.7 Å². The van der Waals surface area contributed by atoms with Crippen molar-refractivity contribution in [3.63, 3.8) is 0 Å². The molecule has 0 aromatic heterocycles. The van der Waals surface area contributed by atoms with Crippen molar-refractivity contribution in [1.29, 1.82) is 0 Å². The average Bonchev–Trinajstić information content (AvgIpc) is 2.92. The van der Waals surface area contributed by atoms with Crippen LogP contribution in [0.25, 0.3) is 0 Å². The summed E-state index contributed by atoms with van der Waals surface area (Å²) in [6.07, 6.45) is 16.7. The van der Waals surface area contributed by atoms with Gasteiger partial charge in [-0.15, -0.1) is 0 Å².